The molecule has 2 N–H and O–H groups in total. The largest absolute Gasteiger partial charge is 0.382 e. The summed E-state index contributed by atoms with van der Waals surface area (Å²) in [5.41, 5.74) is 6.39. The van der Waals surface area contributed by atoms with Crippen molar-refractivity contribution >= 4 is 11.9 Å². The van der Waals surface area contributed by atoms with Crippen LogP contribution < -0.4 is 5.73 Å². The van der Waals surface area contributed by atoms with Gasteiger partial charge in [0.25, 0.3) is 0 Å². The monoisotopic (exact) mass is 123 g/mol. The predicted octanol–water partition coefficient (Wildman–Crippen LogP) is 0.679. The SMILES string of the molecule is CC1=NC(N)=CN=CC1. The summed E-state index contributed by atoms with van der Waals surface area (Å²) in [6, 6.07) is 0. The Balaban J connectivity index is 2.82. The van der Waals surface area contributed by atoms with Gasteiger partial charge in [0, 0.05) is 18.3 Å². The molecule has 1 aliphatic rings. The first-order valence-electron chi connectivity index (χ1n) is 2.80. The second kappa shape index (κ2) is 2.44. The van der Waals surface area contributed by atoms with Crippen molar-refractivity contribution < 1.29 is 0 Å². The maximum Gasteiger partial charge on any atom is 0.141 e. The van der Waals surface area contributed by atoms with Gasteiger partial charge in [-0.1, -0.05) is 0 Å². The van der Waals surface area contributed by atoms with Crippen LogP contribution in [-0.4, -0.2) is 11.9 Å². The average Bonchev–Trinajstić information content (AvgIpc) is 1.93. The molecule has 9 heavy (non-hydrogen) atoms. The van der Waals surface area contributed by atoms with E-state index in [0.717, 1.165) is 12.1 Å². The molecular formula is C6H9N3. The van der Waals surface area contributed by atoms with Gasteiger partial charge in [-0.05, 0) is 6.92 Å². The van der Waals surface area contributed by atoms with Gasteiger partial charge in [0.2, 0.25) is 0 Å². The third kappa shape index (κ3) is 1.68. The summed E-state index contributed by atoms with van der Waals surface area (Å²) < 4.78 is 0. The van der Waals surface area contributed by atoms with Crippen molar-refractivity contribution in [2.75, 3.05) is 0 Å². The highest BCUT2D eigenvalue weighted by atomic mass is 14.9. The van der Waals surface area contributed by atoms with Crippen LogP contribution in [0.1, 0.15) is 13.3 Å². The topological polar surface area (TPSA) is 50.7 Å². The van der Waals surface area contributed by atoms with E-state index < -0.39 is 0 Å². The highest BCUT2D eigenvalue weighted by Gasteiger charge is 1.92. The molecule has 3 nitrogen and oxygen atoms in total. The minimum absolute atomic E-state index is 0.487. The molecule has 0 atom stereocenters. The fraction of sp³-hybridized carbons (Fsp3) is 0.333. The molecule has 0 aromatic carbocycles. The summed E-state index contributed by atoms with van der Waals surface area (Å²) in [5, 5.41) is 0. The smallest absolute Gasteiger partial charge is 0.141 e. The van der Waals surface area contributed by atoms with Gasteiger partial charge in [0.05, 0.1) is 6.20 Å². The number of hydrogen-bond donors (Lipinski definition) is 1. The van der Waals surface area contributed by atoms with Crippen molar-refractivity contribution in [3.8, 4) is 0 Å². The molecular weight excluding hydrogens is 114 g/mol. The first kappa shape index (κ1) is 6.01. The molecule has 0 aromatic heterocycles. The zero-order valence-electron chi connectivity index (χ0n) is 5.33. The molecule has 0 aromatic rings. The van der Waals surface area contributed by atoms with Crippen LogP contribution in [0.4, 0.5) is 0 Å². The summed E-state index contributed by atoms with van der Waals surface area (Å²) >= 11 is 0. The summed E-state index contributed by atoms with van der Waals surface area (Å²) in [5.74, 6) is 0.487. The first-order chi connectivity index (χ1) is 4.29. The van der Waals surface area contributed by atoms with E-state index in [2.05, 4.69) is 9.98 Å². The van der Waals surface area contributed by atoms with E-state index in [0.29, 0.717) is 5.82 Å². The molecule has 1 rings (SSSR count). The second-order valence-electron chi connectivity index (χ2n) is 1.94. The van der Waals surface area contributed by atoms with Crippen molar-refractivity contribution in [2.45, 2.75) is 13.3 Å². The molecule has 0 unspecified atom stereocenters. The Hall–Kier alpha value is -1.12. The molecule has 0 fully saturated rings. The van der Waals surface area contributed by atoms with Crippen LogP contribution in [-0.2, 0) is 0 Å². The van der Waals surface area contributed by atoms with E-state index >= 15 is 0 Å². The molecule has 0 saturated heterocycles. The minimum Gasteiger partial charge on any atom is -0.382 e. The van der Waals surface area contributed by atoms with Gasteiger partial charge in [-0.15, -0.1) is 0 Å². The third-order valence-corrected chi connectivity index (χ3v) is 1.02. The van der Waals surface area contributed by atoms with Crippen molar-refractivity contribution in [3.05, 3.63) is 12.0 Å². The molecule has 1 aliphatic heterocycles. The van der Waals surface area contributed by atoms with Gasteiger partial charge in [-0.25, -0.2) is 4.99 Å². The fourth-order valence-electron chi connectivity index (χ4n) is 0.609. The van der Waals surface area contributed by atoms with Crippen LogP contribution in [0.25, 0.3) is 0 Å². The van der Waals surface area contributed by atoms with Gasteiger partial charge in [0.15, 0.2) is 0 Å². The lowest BCUT2D eigenvalue weighted by atomic mass is 10.3. The maximum atomic E-state index is 5.38. The molecule has 0 aliphatic carbocycles. The molecule has 48 valence electrons. The van der Waals surface area contributed by atoms with E-state index in [1.807, 2.05) is 6.92 Å². The Morgan fingerprint density at radius 3 is 3.22 bits per heavy atom. The van der Waals surface area contributed by atoms with Crippen LogP contribution in [0.2, 0.25) is 0 Å². The Morgan fingerprint density at radius 2 is 2.44 bits per heavy atom. The van der Waals surface area contributed by atoms with Crippen molar-refractivity contribution in [2.24, 2.45) is 15.7 Å². The van der Waals surface area contributed by atoms with Crippen LogP contribution >= 0.6 is 0 Å². The van der Waals surface area contributed by atoms with Gasteiger partial charge in [-0.3, -0.25) is 4.99 Å². The quantitative estimate of drug-likeness (QED) is 0.506. The number of aliphatic imine (C=N–C) groups is 2. The first-order valence-corrected chi connectivity index (χ1v) is 2.80. The number of nitrogens with two attached hydrogens (primary N) is 1. The van der Waals surface area contributed by atoms with Gasteiger partial charge in [0.1, 0.15) is 5.82 Å². The predicted molar refractivity (Wildman–Crippen MR) is 38.5 cm³/mol. The average molecular weight is 123 g/mol. The zero-order chi connectivity index (χ0) is 6.69. The summed E-state index contributed by atoms with van der Waals surface area (Å²) in [6.07, 6.45) is 4.15. The van der Waals surface area contributed by atoms with Crippen molar-refractivity contribution in [1.82, 2.24) is 0 Å². The van der Waals surface area contributed by atoms with Gasteiger partial charge < -0.3 is 5.73 Å². The Bertz CT molecular complexity index is 188. The molecule has 0 spiro atoms. The van der Waals surface area contributed by atoms with Crippen LogP contribution in [0.15, 0.2) is 22.0 Å². The van der Waals surface area contributed by atoms with Crippen molar-refractivity contribution in [3.63, 3.8) is 0 Å². The lowest BCUT2D eigenvalue weighted by Gasteiger charge is -1.89. The Morgan fingerprint density at radius 1 is 1.67 bits per heavy atom. The fourth-order valence-corrected chi connectivity index (χ4v) is 0.609. The van der Waals surface area contributed by atoms with Crippen molar-refractivity contribution in [1.29, 1.82) is 0 Å². The third-order valence-electron chi connectivity index (χ3n) is 1.02. The lowest BCUT2D eigenvalue weighted by Crippen LogP contribution is -1.96. The Kier molecular flexibility index (Phi) is 1.63. The standard InChI is InChI=1S/C6H9N3/c1-5-2-3-8-4-6(7)9-5/h3-4H,2,7H2,1H3. The summed E-state index contributed by atoms with van der Waals surface area (Å²) in [4.78, 5) is 7.88. The van der Waals surface area contributed by atoms with E-state index in [1.165, 1.54) is 0 Å². The molecule has 0 bridgehead atoms. The highest BCUT2D eigenvalue weighted by Crippen LogP contribution is 1.95. The minimum atomic E-state index is 0.487. The maximum absolute atomic E-state index is 5.38. The van der Waals surface area contributed by atoms with Gasteiger partial charge in [-0.2, -0.15) is 0 Å². The van der Waals surface area contributed by atoms with Crippen LogP contribution in [0, 0.1) is 0 Å². The van der Waals surface area contributed by atoms with E-state index in [1.54, 1.807) is 12.4 Å². The van der Waals surface area contributed by atoms with Crippen LogP contribution in [0.5, 0.6) is 0 Å². The van der Waals surface area contributed by atoms with Crippen LogP contribution in [0.3, 0.4) is 0 Å². The molecule has 0 radical (unpaired) electrons. The molecule has 1 heterocycles. The van der Waals surface area contributed by atoms with E-state index in [9.17, 15) is 0 Å². The number of nitrogens with zero attached hydrogens (tertiary/aromatic N) is 2. The number of rotatable bonds is 0. The second-order valence-corrected chi connectivity index (χ2v) is 1.94. The molecule has 3 heteroatoms. The normalized spacial score (nSPS) is 18.3. The molecule has 0 amide bonds. The van der Waals surface area contributed by atoms with E-state index in [4.69, 9.17) is 5.73 Å². The summed E-state index contributed by atoms with van der Waals surface area (Å²) in [6.45, 7) is 1.93. The lowest BCUT2D eigenvalue weighted by molar-refractivity contribution is 1.21. The van der Waals surface area contributed by atoms with Gasteiger partial charge >= 0.3 is 0 Å². The highest BCUT2D eigenvalue weighted by molar-refractivity contribution is 5.94. The number of hydrogen-bond acceptors (Lipinski definition) is 3. The molecule has 0 saturated carbocycles. The summed E-state index contributed by atoms with van der Waals surface area (Å²) in [7, 11) is 0. The van der Waals surface area contributed by atoms with E-state index in [-0.39, 0.29) is 0 Å². The zero-order valence-corrected chi connectivity index (χ0v) is 5.33. The Labute approximate surface area is 54.0 Å².